The second-order valence-electron chi connectivity index (χ2n) is 5.87. The molecule has 1 aromatic heterocycles. The van der Waals surface area contributed by atoms with Crippen molar-refractivity contribution in [3.63, 3.8) is 0 Å². The molecular weight excluding hydrogens is 276 g/mol. The maximum atomic E-state index is 11.8. The second-order valence-corrected chi connectivity index (χ2v) is 6.85. The monoisotopic (exact) mass is 298 g/mol. The van der Waals surface area contributed by atoms with E-state index < -0.39 is 5.97 Å². The van der Waals surface area contributed by atoms with Crippen LogP contribution in [0.4, 0.5) is 5.13 Å². The van der Waals surface area contributed by atoms with E-state index in [1.807, 2.05) is 11.9 Å². The third-order valence-electron chi connectivity index (χ3n) is 2.44. The van der Waals surface area contributed by atoms with Crippen LogP contribution in [0, 0.1) is 5.41 Å². The number of carbonyl (C=O) groups excluding carboxylic acids is 2. The quantitative estimate of drug-likeness (QED) is 0.618. The number of carbonyl (C=O) groups is 2. The molecule has 0 N–H and O–H groups in total. The van der Waals surface area contributed by atoms with Crippen LogP contribution in [-0.4, -0.2) is 36.9 Å². The van der Waals surface area contributed by atoms with Crippen LogP contribution in [0.15, 0.2) is 0 Å². The van der Waals surface area contributed by atoms with Crippen LogP contribution in [0.5, 0.6) is 0 Å². The smallest absolute Gasteiger partial charge is 0.358 e. The SMILES string of the molecule is CCOC(=O)c1nc(N(C)CC(C)(C)C)sc1C(C)=O. The van der Waals surface area contributed by atoms with Crippen LogP contribution in [-0.2, 0) is 4.74 Å². The lowest BCUT2D eigenvalue weighted by atomic mass is 9.96. The number of aromatic nitrogens is 1. The maximum Gasteiger partial charge on any atom is 0.358 e. The lowest BCUT2D eigenvalue weighted by Crippen LogP contribution is -2.29. The summed E-state index contributed by atoms with van der Waals surface area (Å²) >= 11 is 1.24. The summed E-state index contributed by atoms with van der Waals surface area (Å²) in [5.74, 6) is -0.703. The Hall–Kier alpha value is -1.43. The highest BCUT2D eigenvalue weighted by atomic mass is 32.1. The largest absolute Gasteiger partial charge is 0.461 e. The maximum absolute atomic E-state index is 11.8. The molecule has 0 saturated heterocycles. The van der Waals surface area contributed by atoms with Crippen molar-refractivity contribution >= 4 is 28.2 Å². The molecule has 0 spiro atoms. The van der Waals surface area contributed by atoms with Gasteiger partial charge < -0.3 is 9.64 Å². The van der Waals surface area contributed by atoms with Crippen molar-refractivity contribution in [2.75, 3.05) is 25.1 Å². The number of ketones is 1. The summed E-state index contributed by atoms with van der Waals surface area (Å²) in [6.45, 7) is 10.6. The number of rotatable bonds is 5. The molecule has 0 radical (unpaired) electrons. The summed E-state index contributed by atoms with van der Waals surface area (Å²) in [6.07, 6.45) is 0. The Kier molecular flexibility index (Phi) is 5.28. The molecule has 20 heavy (non-hydrogen) atoms. The Morgan fingerprint density at radius 1 is 1.35 bits per heavy atom. The molecule has 1 rings (SSSR count). The number of thiazole rings is 1. The Balaban J connectivity index is 3.09. The summed E-state index contributed by atoms with van der Waals surface area (Å²) in [5.41, 5.74) is 0.223. The van der Waals surface area contributed by atoms with Gasteiger partial charge in [-0.05, 0) is 12.3 Å². The van der Waals surface area contributed by atoms with Gasteiger partial charge in [0.1, 0.15) is 4.88 Å². The summed E-state index contributed by atoms with van der Waals surface area (Å²) in [7, 11) is 1.91. The predicted octanol–water partition coefficient (Wildman–Crippen LogP) is 3.00. The van der Waals surface area contributed by atoms with Crippen molar-refractivity contribution in [2.24, 2.45) is 5.41 Å². The summed E-state index contributed by atoms with van der Waals surface area (Å²) in [6, 6.07) is 0. The van der Waals surface area contributed by atoms with Crippen molar-refractivity contribution in [1.82, 2.24) is 4.98 Å². The van der Waals surface area contributed by atoms with Crippen LogP contribution in [0.3, 0.4) is 0 Å². The third-order valence-corrected chi connectivity index (χ3v) is 3.71. The van der Waals surface area contributed by atoms with Crippen LogP contribution >= 0.6 is 11.3 Å². The first-order chi connectivity index (χ1) is 9.15. The molecule has 6 heteroatoms. The standard InChI is InChI=1S/C14H22N2O3S/c1-7-19-12(18)10-11(9(2)17)20-13(15-10)16(6)8-14(3,4)5/h7-8H2,1-6H3. The van der Waals surface area contributed by atoms with Gasteiger partial charge in [-0.3, -0.25) is 4.79 Å². The Morgan fingerprint density at radius 2 is 1.95 bits per heavy atom. The van der Waals surface area contributed by atoms with E-state index >= 15 is 0 Å². The first-order valence-electron chi connectivity index (χ1n) is 6.55. The lowest BCUT2D eigenvalue weighted by molar-refractivity contribution is 0.0517. The molecule has 112 valence electrons. The van der Waals surface area contributed by atoms with E-state index in [0.717, 1.165) is 6.54 Å². The van der Waals surface area contributed by atoms with E-state index in [0.29, 0.717) is 10.0 Å². The fourth-order valence-corrected chi connectivity index (χ4v) is 2.74. The Labute approximate surface area is 124 Å². The molecule has 0 bridgehead atoms. The van der Waals surface area contributed by atoms with E-state index in [4.69, 9.17) is 4.74 Å². The Bertz CT molecular complexity index is 503. The van der Waals surface area contributed by atoms with Gasteiger partial charge in [0.25, 0.3) is 0 Å². The highest BCUT2D eigenvalue weighted by Crippen LogP contribution is 2.28. The van der Waals surface area contributed by atoms with Crippen molar-refractivity contribution in [2.45, 2.75) is 34.6 Å². The van der Waals surface area contributed by atoms with E-state index in [2.05, 4.69) is 25.8 Å². The van der Waals surface area contributed by atoms with Crippen LogP contribution < -0.4 is 4.90 Å². The zero-order chi connectivity index (χ0) is 15.5. The van der Waals surface area contributed by atoms with Gasteiger partial charge in [-0.2, -0.15) is 0 Å². The van der Waals surface area contributed by atoms with Gasteiger partial charge in [0, 0.05) is 20.5 Å². The molecule has 0 aliphatic carbocycles. The van der Waals surface area contributed by atoms with Gasteiger partial charge >= 0.3 is 5.97 Å². The summed E-state index contributed by atoms with van der Waals surface area (Å²) in [4.78, 5) is 30.1. The minimum Gasteiger partial charge on any atom is -0.461 e. The lowest BCUT2D eigenvalue weighted by Gasteiger charge is -2.25. The van der Waals surface area contributed by atoms with Crippen LogP contribution in [0.2, 0.25) is 0 Å². The topological polar surface area (TPSA) is 59.5 Å². The first-order valence-corrected chi connectivity index (χ1v) is 7.37. The number of hydrogen-bond acceptors (Lipinski definition) is 6. The van der Waals surface area contributed by atoms with E-state index in [1.54, 1.807) is 6.92 Å². The number of anilines is 1. The summed E-state index contributed by atoms with van der Waals surface area (Å²) in [5, 5.41) is 0.660. The van der Waals surface area contributed by atoms with Crippen molar-refractivity contribution in [1.29, 1.82) is 0 Å². The number of esters is 1. The van der Waals surface area contributed by atoms with E-state index in [9.17, 15) is 9.59 Å². The molecule has 0 aromatic carbocycles. The van der Waals surface area contributed by atoms with Gasteiger partial charge in [-0.1, -0.05) is 32.1 Å². The molecule has 1 heterocycles. The molecule has 0 fully saturated rings. The third kappa shape index (κ3) is 4.30. The normalized spacial score (nSPS) is 11.3. The minimum atomic E-state index is -0.538. The van der Waals surface area contributed by atoms with Crippen LogP contribution in [0.25, 0.3) is 0 Å². The fourth-order valence-electron chi connectivity index (χ4n) is 1.83. The molecule has 5 nitrogen and oxygen atoms in total. The fraction of sp³-hybridized carbons (Fsp3) is 0.643. The molecule has 0 saturated carbocycles. The van der Waals surface area contributed by atoms with Crippen LogP contribution in [0.1, 0.15) is 54.8 Å². The average Bonchev–Trinajstić information content (AvgIpc) is 2.71. The van der Waals surface area contributed by atoms with E-state index in [1.165, 1.54) is 18.3 Å². The molecule has 0 unspecified atom stereocenters. The van der Waals surface area contributed by atoms with Gasteiger partial charge in [0.2, 0.25) is 0 Å². The molecule has 1 aromatic rings. The zero-order valence-electron chi connectivity index (χ0n) is 12.9. The zero-order valence-corrected chi connectivity index (χ0v) is 13.8. The van der Waals surface area contributed by atoms with E-state index in [-0.39, 0.29) is 23.5 Å². The predicted molar refractivity (Wildman–Crippen MR) is 80.8 cm³/mol. The average molecular weight is 298 g/mol. The molecular formula is C14H22N2O3S. The van der Waals surface area contributed by atoms with Gasteiger partial charge in [-0.25, -0.2) is 9.78 Å². The summed E-state index contributed by atoms with van der Waals surface area (Å²) < 4.78 is 4.95. The number of ether oxygens (including phenoxy) is 1. The van der Waals surface area contributed by atoms with Crippen molar-refractivity contribution in [3.8, 4) is 0 Å². The van der Waals surface area contributed by atoms with Gasteiger partial charge in [0.15, 0.2) is 16.6 Å². The number of Topliss-reactive ketones (excluding diaryl/α,β-unsaturated/α-hetero) is 1. The second kappa shape index (κ2) is 6.35. The van der Waals surface area contributed by atoms with Gasteiger partial charge in [-0.15, -0.1) is 0 Å². The first kappa shape index (κ1) is 16.6. The number of nitrogens with zero attached hydrogens (tertiary/aromatic N) is 2. The van der Waals surface area contributed by atoms with Crippen molar-refractivity contribution < 1.29 is 14.3 Å². The Morgan fingerprint density at radius 3 is 2.40 bits per heavy atom. The highest BCUT2D eigenvalue weighted by Gasteiger charge is 2.25. The molecule has 0 atom stereocenters. The number of hydrogen-bond donors (Lipinski definition) is 0. The molecule has 0 amide bonds. The minimum absolute atomic E-state index is 0.0981. The molecule has 0 aliphatic rings. The van der Waals surface area contributed by atoms with Crippen molar-refractivity contribution in [3.05, 3.63) is 10.6 Å². The molecule has 0 aliphatic heterocycles. The van der Waals surface area contributed by atoms with Gasteiger partial charge in [0.05, 0.1) is 6.61 Å². The highest BCUT2D eigenvalue weighted by molar-refractivity contribution is 7.17.